The lowest BCUT2D eigenvalue weighted by Gasteiger charge is -2.22. The smallest absolute Gasteiger partial charge is 0.251 e. The predicted molar refractivity (Wildman–Crippen MR) is 113 cm³/mol. The van der Waals surface area contributed by atoms with Crippen LogP contribution in [-0.4, -0.2) is 37.7 Å². The number of rotatable bonds is 8. The van der Waals surface area contributed by atoms with Crippen LogP contribution in [-0.2, 0) is 11.3 Å². The van der Waals surface area contributed by atoms with Gasteiger partial charge in [-0.05, 0) is 54.8 Å². The zero-order valence-corrected chi connectivity index (χ0v) is 17.6. The summed E-state index contributed by atoms with van der Waals surface area (Å²) >= 11 is 0. The lowest BCUT2D eigenvalue weighted by atomic mass is 10.0. The molecular formula is C23H28N2O5. The van der Waals surface area contributed by atoms with E-state index in [1.165, 1.54) is 0 Å². The topological polar surface area (TPSA) is 85.9 Å². The van der Waals surface area contributed by atoms with Crippen molar-refractivity contribution < 1.29 is 23.8 Å². The molecule has 0 aliphatic carbocycles. The van der Waals surface area contributed by atoms with Gasteiger partial charge in [-0.25, -0.2) is 0 Å². The van der Waals surface area contributed by atoms with Gasteiger partial charge in [-0.15, -0.1) is 0 Å². The number of benzene rings is 2. The molecule has 0 radical (unpaired) electrons. The van der Waals surface area contributed by atoms with Crippen LogP contribution in [0, 0.1) is 5.92 Å². The van der Waals surface area contributed by atoms with Gasteiger partial charge in [0.2, 0.25) is 5.91 Å². The van der Waals surface area contributed by atoms with Crippen LogP contribution in [0.2, 0.25) is 0 Å². The maximum absolute atomic E-state index is 12.8. The highest BCUT2D eigenvalue weighted by Gasteiger charge is 2.24. The third-order valence-electron chi connectivity index (χ3n) is 4.74. The molecule has 1 atom stereocenters. The highest BCUT2D eigenvalue weighted by molar-refractivity contribution is 5.97. The number of carbonyl (C=O) groups excluding carboxylic acids is 2. The fourth-order valence-electron chi connectivity index (χ4n) is 3.13. The van der Waals surface area contributed by atoms with Gasteiger partial charge in [0, 0.05) is 12.1 Å². The second kappa shape index (κ2) is 10.0. The predicted octanol–water partition coefficient (Wildman–Crippen LogP) is 2.93. The summed E-state index contributed by atoms with van der Waals surface area (Å²) in [6.07, 6.45) is 0. The van der Waals surface area contributed by atoms with E-state index < -0.39 is 6.04 Å². The third kappa shape index (κ3) is 5.43. The Morgan fingerprint density at radius 1 is 1.03 bits per heavy atom. The molecule has 0 saturated heterocycles. The molecule has 0 saturated carbocycles. The van der Waals surface area contributed by atoms with Gasteiger partial charge < -0.3 is 24.8 Å². The first-order valence-electron chi connectivity index (χ1n) is 10.2. The highest BCUT2D eigenvalue weighted by Crippen LogP contribution is 2.30. The molecule has 3 rings (SSSR count). The monoisotopic (exact) mass is 412 g/mol. The molecule has 160 valence electrons. The van der Waals surface area contributed by atoms with Crippen molar-refractivity contribution in [2.45, 2.75) is 33.4 Å². The minimum atomic E-state index is -0.652. The molecule has 0 fully saturated rings. The lowest BCUT2D eigenvalue weighted by molar-refractivity contribution is -0.124. The van der Waals surface area contributed by atoms with Crippen LogP contribution in [0.5, 0.6) is 17.2 Å². The molecule has 2 aromatic rings. The summed E-state index contributed by atoms with van der Waals surface area (Å²) in [6.45, 7) is 7.63. The van der Waals surface area contributed by atoms with Crippen LogP contribution < -0.4 is 24.8 Å². The van der Waals surface area contributed by atoms with E-state index in [1.54, 1.807) is 24.3 Å². The summed E-state index contributed by atoms with van der Waals surface area (Å²) in [5.74, 6) is 1.48. The van der Waals surface area contributed by atoms with Gasteiger partial charge in [-0.2, -0.15) is 0 Å². The van der Waals surface area contributed by atoms with E-state index in [0.29, 0.717) is 49.2 Å². The largest absolute Gasteiger partial charge is 0.494 e. The Labute approximate surface area is 176 Å². The van der Waals surface area contributed by atoms with Crippen molar-refractivity contribution in [1.82, 2.24) is 10.6 Å². The molecule has 7 nitrogen and oxygen atoms in total. The molecule has 0 spiro atoms. The van der Waals surface area contributed by atoms with Crippen molar-refractivity contribution in [2.75, 3.05) is 19.8 Å². The number of hydrogen-bond donors (Lipinski definition) is 2. The van der Waals surface area contributed by atoms with Crippen molar-refractivity contribution in [1.29, 1.82) is 0 Å². The standard InChI is InChI=1S/C23H28N2O5/c1-4-28-18-8-6-17(7-9-18)22(26)25-21(15(2)3)23(27)24-14-16-5-10-19-20(13-16)30-12-11-29-19/h5-10,13,15,21H,4,11-12,14H2,1-3H3,(H,24,27)(H,25,26). The quantitative estimate of drug-likeness (QED) is 0.696. The van der Waals surface area contributed by atoms with Crippen LogP contribution >= 0.6 is 0 Å². The van der Waals surface area contributed by atoms with Gasteiger partial charge in [0.05, 0.1) is 6.61 Å². The van der Waals surface area contributed by atoms with E-state index in [9.17, 15) is 9.59 Å². The van der Waals surface area contributed by atoms with E-state index in [4.69, 9.17) is 14.2 Å². The summed E-state index contributed by atoms with van der Waals surface area (Å²) in [6, 6.07) is 11.8. The first-order valence-corrected chi connectivity index (χ1v) is 10.2. The average molecular weight is 412 g/mol. The zero-order chi connectivity index (χ0) is 21.5. The lowest BCUT2D eigenvalue weighted by Crippen LogP contribution is -2.49. The van der Waals surface area contributed by atoms with Crippen molar-refractivity contribution in [2.24, 2.45) is 5.92 Å². The van der Waals surface area contributed by atoms with Crippen molar-refractivity contribution in [3.8, 4) is 17.2 Å². The second-order valence-corrected chi connectivity index (χ2v) is 7.35. The Kier molecular flexibility index (Phi) is 7.17. The van der Waals surface area contributed by atoms with Crippen LogP contribution in [0.1, 0.15) is 36.7 Å². The Morgan fingerprint density at radius 3 is 2.40 bits per heavy atom. The number of ether oxygens (including phenoxy) is 3. The van der Waals surface area contributed by atoms with Gasteiger partial charge in [0.15, 0.2) is 11.5 Å². The summed E-state index contributed by atoms with van der Waals surface area (Å²) in [7, 11) is 0. The van der Waals surface area contributed by atoms with Crippen molar-refractivity contribution >= 4 is 11.8 Å². The molecule has 1 aliphatic heterocycles. The molecule has 1 heterocycles. The van der Waals surface area contributed by atoms with Crippen LogP contribution in [0.3, 0.4) is 0 Å². The zero-order valence-electron chi connectivity index (χ0n) is 17.6. The molecule has 1 aliphatic rings. The van der Waals surface area contributed by atoms with E-state index in [0.717, 1.165) is 5.56 Å². The number of fused-ring (bicyclic) bond motifs is 1. The molecule has 7 heteroatoms. The highest BCUT2D eigenvalue weighted by atomic mass is 16.6. The van der Waals surface area contributed by atoms with E-state index in [2.05, 4.69) is 10.6 Å². The van der Waals surface area contributed by atoms with Gasteiger partial charge in [-0.3, -0.25) is 9.59 Å². The minimum Gasteiger partial charge on any atom is -0.494 e. The Morgan fingerprint density at radius 2 is 1.73 bits per heavy atom. The summed E-state index contributed by atoms with van der Waals surface area (Å²) in [5, 5.41) is 5.73. The number of amides is 2. The fraction of sp³-hybridized carbons (Fsp3) is 0.391. The first kappa shape index (κ1) is 21.5. The van der Waals surface area contributed by atoms with Gasteiger partial charge in [0.25, 0.3) is 5.91 Å². The minimum absolute atomic E-state index is 0.0723. The summed E-state index contributed by atoms with van der Waals surface area (Å²) < 4.78 is 16.5. The van der Waals surface area contributed by atoms with E-state index in [1.807, 2.05) is 39.0 Å². The average Bonchev–Trinajstić information content (AvgIpc) is 2.76. The normalized spacial score (nSPS) is 13.5. The number of carbonyl (C=O) groups is 2. The van der Waals surface area contributed by atoms with Crippen LogP contribution in [0.25, 0.3) is 0 Å². The third-order valence-corrected chi connectivity index (χ3v) is 4.74. The molecule has 2 N–H and O–H groups in total. The molecular weight excluding hydrogens is 384 g/mol. The molecule has 2 amide bonds. The SMILES string of the molecule is CCOc1ccc(C(=O)NC(C(=O)NCc2ccc3c(c2)OCCO3)C(C)C)cc1. The van der Waals surface area contributed by atoms with Crippen LogP contribution in [0.4, 0.5) is 0 Å². The fourth-order valence-corrected chi connectivity index (χ4v) is 3.13. The second-order valence-electron chi connectivity index (χ2n) is 7.35. The first-order chi connectivity index (χ1) is 14.5. The molecule has 30 heavy (non-hydrogen) atoms. The molecule has 0 aromatic heterocycles. The van der Waals surface area contributed by atoms with Gasteiger partial charge in [0.1, 0.15) is 25.0 Å². The number of nitrogens with one attached hydrogen (secondary N) is 2. The Hall–Kier alpha value is -3.22. The molecule has 2 aromatic carbocycles. The number of hydrogen-bond acceptors (Lipinski definition) is 5. The Bertz CT molecular complexity index is 880. The summed E-state index contributed by atoms with van der Waals surface area (Å²) in [4.78, 5) is 25.4. The Balaban J connectivity index is 1.59. The summed E-state index contributed by atoms with van der Waals surface area (Å²) in [5.41, 5.74) is 1.37. The maximum atomic E-state index is 12.8. The van der Waals surface area contributed by atoms with Crippen molar-refractivity contribution in [3.05, 3.63) is 53.6 Å². The van der Waals surface area contributed by atoms with Gasteiger partial charge in [-0.1, -0.05) is 19.9 Å². The molecule has 0 bridgehead atoms. The van der Waals surface area contributed by atoms with Crippen molar-refractivity contribution in [3.63, 3.8) is 0 Å². The van der Waals surface area contributed by atoms with E-state index in [-0.39, 0.29) is 17.7 Å². The van der Waals surface area contributed by atoms with E-state index >= 15 is 0 Å². The molecule has 1 unspecified atom stereocenters. The van der Waals surface area contributed by atoms with Crippen LogP contribution in [0.15, 0.2) is 42.5 Å². The maximum Gasteiger partial charge on any atom is 0.251 e. The van der Waals surface area contributed by atoms with Gasteiger partial charge >= 0.3 is 0 Å².